The largest absolute Gasteiger partial charge is 0.481 e. The summed E-state index contributed by atoms with van der Waals surface area (Å²) in [4.78, 5) is 10.9. The molecular weight excluding hydrogens is 209 g/mol. The Labute approximate surface area is 94.1 Å². The minimum absolute atomic E-state index is 0.103. The maximum absolute atomic E-state index is 13.5. The van der Waals surface area contributed by atoms with Crippen molar-refractivity contribution in [1.29, 1.82) is 0 Å². The third-order valence-corrected chi connectivity index (χ3v) is 2.60. The summed E-state index contributed by atoms with van der Waals surface area (Å²) in [5.41, 5.74) is 6.43. The lowest BCUT2D eigenvalue weighted by atomic mass is 9.93. The molecular formula is C12H16FNO2. The van der Waals surface area contributed by atoms with E-state index in [2.05, 4.69) is 0 Å². The van der Waals surface area contributed by atoms with Crippen LogP contribution in [-0.4, -0.2) is 17.6 Å². The molecule has 1 atom stereocenters. The van der Waals surface area contributed by atoms with E-state index in [1.807, 2.05) is 13.8 Å². The highest BCUT2D eigenvalue weighted by Crippen LogP contribution is 2.24. The predicted octanol–water partition coefficient (Wildman–Crippen LogP) is 2.08. The molecule has 0 radical (unpaired) electrons. The third kappa shape index (κ3) is 2.58. The van der Waals surface area contributed by atoms with Crippen molar-refractivity contribution in [2.75, 3.05) is 6.54 Å². The van der Waals surface area contributed by atoms with Crippen LogP contribution in [0, 0.1) is 5.82 Å². The SMILES string of the molecule is CC(C)c1ccc(F)c(C(CN)C(=O)O)c1. The Hall–Kier alpha value is -1.42. The van der Waals surface area contributed by atoms with E-state index in [0.717, 1.165) is 5.56 Å². The molecule has 0 aliphatic rings. The monoisotopic (exact) mass is 225 g/mol. The number of halogens is 1. The molecule has 0 aromatic heterocycles. The highest BCUT2D eigenvalue weighted by Gasteiger charge is 2.22. The molecule has 0 heterocycles. The molecule has 4 heteroatoms. The highest BCUT2D eigenvalue weighted by molar-refractivity contribution is 5.76. The van der Waals surface area contributed by atoms with E-state index in [9.17, 15) is 9.18 Å². The van der Waals surface area contributed by atoms with Gasteiger partial charge in [-0.05, 0) is 17.5 Å². The van der Waals surface area contributed by atoms with Crippen LogP contribution in [0.1, 0.15) is 36.8 Å². The molecule has 1 aromatic rings. The molecule has 1 unspecified atom stereocenters. The number of carbonyl (C=O) groups is 1. The molecule has 0 amide bonds. The number of hydrogen-bond acceptors (Lipinski definition) is 2. The third-order valence-electron chi connectivity index (χ3n) is 2.60. The van der Waals surface area contributed by atoms with Crippen LogP contribution in [0.25, 0.3) is 0 Å². The Balaban J connectivity index is 3.19. The zero-order chi connectivity index (χ0) is 12.3. The second-order valence-corrected chi connectivity index (χ2v) is 4.06. The van der Waals surface area contributed by atoms with E-state index < -0.39 is 17.7 Å². The first-order valence-corrected chi connectivity index (χ1v) is 5.19. The van der Waals surface area contributed by atoms with Crippen molar-refractivity contribution in [3.8, 4) is 0 Å². The zero-order valence-corrected chi connectivity index (χ0v) is 9.40. The van der Waals surface area contributed by atoms with Crippen molar-refractivity contribution in [3.63, 3.8) is 0 Å². The summed E-state index contributed by atoms with van der Waals surface area (Å²) in [6, 6.07) is 4.56. The van der Waals surface area contributed by atoms with Crippen molar-refractivity contribution in [3.05, 3.63) is 35.1 Å². The number of benzene rings is 1. The molecule has 1 aromatic carbocycles. The molecule has 0 saturated heterocycles. The first-order valence-electron chi connectivity index (χ1n) is 5.19. The van der Waals surface area contributed by atoms with Crippen LogP contribution in [0.2, 0.25) is 0 Å². The van der Waals surface area contributed by atoms with Crippen LogP contribution in [0.15, 0.2) is 18.2 Å². The van der Waals surface area contributed by atoms with Gasteiger partial charge in [0.15, 0.2) is 0 Å². The second-order valence-electron chi connectivity index (χ2n) is 4.06. The van der Waals surface area contributed by atoms with Crippen LogP contribution in [0.4, 0.5) is 4.39 Å². The molecule has 1 rings (SSSR count). The Kier molecular flexibility index (Phi) is 4.01. The second kappa shape index (κ2) is 5.07. The zero-order valence-electron chi connectivity index (χ0n) is 9.40. The van der Waals surface area contributed by atoms with Gasteiger partial charge in [0.25, 0.3) is 0 Å². The van der Waals surface area contributed by atoms with Crippen molar-refractivity contribution in [2.45, 2.75) is 25.7 Å². The van der Waals surface area contributed by atoms with Crippen LogP contribution < -0.4 is 5.73 Å². The predicted molar refractivity (Wildman–Crippen MR) is 59.9 cm³/mol. The molecule has 0 aliphatic carbocycles. The van der Waals surface area contributed by atoms with Crippen molar-refractivity contribution in [2.24, 2.45) is 5.73 Å². The molecule has 88 valence electrons. The Morgan fingerprint density at radius 3 is 2.56 bits per heavy atom. The van der Waals surface area contributed by atoms with Gasteiger partial charge in [-0.1, -0.05) is 26.0 Å². The van der Waals surface area contributed by atoms with E-state index in [4.69, 9.17) is 10.8 Å². The van der Waals surface area contributed by atoms with Gasteiger partial charge >= 0.3 is 5.97 Å². The lowest BCUT2D eigenvalue weighted by molar-refractivity contribution is -0.138. The fourth-order valence-electron chi connectivity index (χ4n) is 1.55. The van der Waals surface area contributed by atoms with Gasteiger partial charge in [0, 0.05) is 12.1 Å². The van der Waals surface area contributed by atoms with Crippen molar-refractivity contribution >= 4 is 5.97 Å². The van der Waals surface area contributed by atoms with Gasteiger partial charge in [0.05, 0.1) is 5.92 Å². The number of rotatable bonds is 4. The average Bonchev–Trinajstić information content (AvgIpc) is 2.20. The van der Waals surface area contributed by atoms with Crippen molar-refractivity contribution < 1.29 is 14.3 Å². The molecule has 0 bridgehead atoms. The van der Waals surface area contributed by atoms with E-state index in [1.165, 1.54) is 6.07 Å². The van der Waals surface area contributed by atoms with E-state index in [0.29, 0.717) is 0 Å². The fraction of sp³-hybridized carbons (Fsp3) is 0.417. The van der Waals surface area contributed by atoms with Gasteiger partial charge in [-0.2, -0.15) is 0 Å². The molecule has 0 spiro atoms. The Bertz CT molecular complexity index is 391. The van der Waals surface area contributed by atoms with Crippen LogP contribution in [0.3, 0.4) is 0 Å². The molecule has 0 fully saturated rings. The Morgan fingerprint density at radius 2 is 2.12 bits per heavy atom. The fourth-order valence-corrected chi connectivity index (χ4v) is 1.55. The van der Waals surface area contributed by atoms with E-state index >= 15 is 0 Å². The lowest BCUT2D eigenvalue weighted by Crippen LogP contribution is -2.22. The number of nitrogens with two attached hydrogens (primary N) is 1. The van der Waals surface area contributed by atoms with Gasteiger partial charge < -0.3 is 10.8 Å². The smallest absolute Gasteiger partial charge is 0.312 e. The van der Waals surface area contributed by atoms with Gasteiger partial charge in [-0.3, -0.25) is 4.79 Å². The summed E-state index contributed by atoms with van der Waals surface area (Å²) in [7, 11) is 0. The van der Waals surface area contributed by atoms with Crippen LogP contribution in [0.5, 0.6) is 0 Å². The maximum atomic E-state index is 13.5. The summed E-state index contributed by atoms with van der Waals surface area (Å²) in [6.07, 6.45) is 0. The van der Waals surface area contributed by atoms with Gasteiger partial charge in [-0.25, -0.2) is 4.39 Å². The molecule has 0 saturated carbocycles. The molecule has 0 aliphatic heterocycles. The quantitative estimate of drug-likeness (QED) is 0.824. The summed E-state index contributed by atoms with van der Waals surface area (Å²) in [5, 5.41) is 8.93. The van der Waals surface area contributed by atoms with Gasteiger partial charge in [-0.15, -0.1) is 0 Å². The lowest BCUT2D eigenvalue weighted by Gasteiger charge is -2.14. The summed E-state index contributed by atoms with van der Waals surface area (Å²) in [5.74, 6) is -2.35. The van der Waals surface area contributed by atoms with Gasteiger partial charge in [0.1, 0.15) is 5.82 Å². The molecule has 16 heavy (non-hydrogen) atoms. The number of carboxylic acids is 1. The first-order chi connectivity index (χ1) is 7.47. The van der Waals surface area contributed by atoms with Crippen LogP contribution >= 0.6 is 0 Å². The van der Waals surface area contributed by atoms with E-state index in [1.54, 1.807) is 12.1 Å². The minimum atomic E-state index is -1.10. The normalized spacial score (nSPS) is 12.8. The summed E-state index contributed by atoms with van der Waals surface area (Å²) < 4.78 is 13.5. The number of hydrogen-bond donors (Lipinski definition) is 2. The maximum Gasteiger partial charge on any atom is 0.312 e. The minimum Gasteiger partial charge on any atom is -0.481 e. The Morgan fingerprint density at radius 1 is 1.50 bits per heavy atom. The highest BCUT2D eigenvalue weighted by atomic mass is 19.1. The topological polar surface area (TPSA) is 63.3 Å². The number of aliphatic carboxylic acids is 1. The van der Waals surface area contributed by atoms with Crippen molar-refractivity contribution in [1.82, 2.24) is 0 Å². The number of carboxylic acid groups (broad SMARTS) is 1. The average molecular weight is 225 g/mol. The summed E-state index contributed by atoms with van der Waals surface area (Å²) in [6.45, 7) is 3.83. The summed E-state index contributed by atoms with van der Waals surface area (Å²) >= 11 is 0. The van der Waals surface area contributed by atoms with Gasteiger partial charge in [0.2, 0.25) is 0 Å². The standard InChI is InChI=1S/C12H16FNO2/c1-7(2)8-3-4-11(13)9(5-8)10(6-14)12(15)16/h3-5,7,10H,6,14H2,1-2H3,(H,15,16). The van der Waals surface area contributed by atoms with E-state index in [-0.39, 0.29) is 18.0 Å². The molecule has 3 N–H and O–H groups in total. The molecule has 3 nitrogen and oxygen atoms in total. The van der Waals surface area contributed by atoms with Crippen LogP contribution in [-0.2, 0) is 4.79 Å². The first kappa shape index (κ1) is 12.6.